The number of carbonyl (C=O) groups excluding carboxylic acids is 2. The molecule has 2 amide bonds. The van der Waals surface area contributed by atoms with E-state index in [-0.39, 0.29) is 22.1 Å². The van der Waals surface area contributed by atoms with Crippen LogP contribution in [0.1, 0.15) is 21.5 Å². The number of aryl methyl sites for hydroxylation is 1. The van der Waals surface area contributed by atoms with Crippen molar-refractivity contribution in [3.05, 3.63) is 118 Å². The molecule has 41 heavy (non-hydrogen) atoms. The van der Waals surface area contributed by atoms with Gasteiger partial charge < -0.3 is 15.4 Å². The maximum absolute atomic E-state index is 13.8. The Morgan fingerprint density at radius 2 is 1.59 bits per heavy atom. The van der Waals surface area contributed by atoms with Crippen LogP contribution in [0, 0.1) is 6.92 Å². The highest BCUT2D eigenvalue weighted by Gasteiger charge is 2.28. The molecule has 0 unspecified atom stereocenters. The van der Waals surface area contributed by atoms with Crippen LogP contribution in [0.4, 0.5) is 11.4 Å². The van der Waals surface area contributed by atoms with Crippen molar-refractivity contribution >= 4 is 49.1 Å². The Labute approximate surface area is 248 Å². The summed E-state index contributed by atoms with van der Waals surface area (Å²) in [6.45, 7) is 1.79. The second-order valence-electron chi connectivity index (χ2n) is 9.23. The molecule has 0 fully saturated rings. The zero-order chi connectivity index (χ0) is 29.4. The Hall–Kier alpha value is -4.15. The predicted octanol–water partition coefficient (Wildman–Crippen LogP) is 5.57. The van der Waals surface area contributed by atoms with Gasteiger partial charge in [0.25, 0.3) is 15.9 Å². The lowest BCUT2D eigenvalue weighted by atomic mass is 10.1. The summed E-state index contributed by atoms with van der Waals surface area (Å²) < 4.78 is 34.3. The number of anilines is 2. The smallest absolute Gasteiger partial charge is 0.264 e. The molecule has 0 heterocycles. The van der Waals surface area contributed by atoms with E-state index in [9.17, 15) is 18.0 Å². The summed E-state index contributed by atoms with van der Waals surface area (Å²) in [4.78, 5) is 26.2. The lowest BCUT2D eigenvalue weighted by molar-refractivity contribution is -0.114. The van der Waals surface area contributed by atoms with E-state index in [1.807, 2.05) is 37.3 Å². The molecule has 2 N–H and O–H groups in total. The van der Waals surface area contributed by atoms with Gasteiger partial charge in [0.05, 0.1) is 33.4 Å². The van der Waals surface area contributed by atoms with Gasteiger partial charge in [-0.3, -0.25) is 13.9 Å². The number of amides is 2. The first-order chi connectivity index (χ1) is 19.7. The molecule has 0 aromatic heterocycles. The second kappa shape index (κ2) is 13.5. The zero-order valence-electron chi connectivity index (χ0n) is 22.6. The third-order valence-electron chi connectivity index (χ3n) is 6.31. The van der Waals surface area contributed by atoms with E-state index >= 15 is 0 Å². The van der Waals surface area contributed by atoms with Crippen LogP contribution < -0.4 is 19.7 Å². The lowest BCUT2D eigenvalue weighted by Crippen LogP contribution is -2.38. The van der Waals surface area contributed by atoms with Gasteiger partial charge in [-0.25, -0.2) is 8.42 Å². The quantitative estimate of drug-likeness (QED) is 0.224. The van der Waals surface area contributed by atoms with Crippen LogP contribution >= 0.6 is 15.9 Å². The molecule has 0 bridgehead atoms. The van der Waals surface area contributed by atoms with Gasteiger partial charge in [-0.15, -0.1) is 0 Å². The number of nitrogens with zero attached hydrogens (tertiary/aromatic N) is 1. The first-order valence-corrected chi connectivity index (χ1v) is 15.1. The Morgan fingerprint density at radius 3 is 2.27 bits per heavy atom. The maximum atomic E-state index is 13.8. The molecule has 0 aliphatic heterocycles. The van der Waals surface area contributed by atoms with Crippen molar-refractivity contribution in [1.82, 2.24) is 5.32 Å². The molecule has 4 aromatic rings. The average Bonchev–Trinajstić information content (AvgIpc) is 2.97. The Kier molecular flexibility index (Phi) is 9.80. The van der Waals surface area contributed by atoms with E-state index < -0.39 is 22.5 Å². The van der Waals surface area contributed by atoms with Crippen LogP contribution in [-0.2, 0) is 21.2 Å². The summed E-state index contributed by atoms with van der Waals surface area (Å²) in [5, 5.41) is 5.61. The fourth-order valence-electron chi connectivity index (χ4n) is 4.13. The highest BCUT2D eigenvalue weighted by molar-refractivity contribution is 9.10. The van der Waals surface area contributed by atoms with Crippen molar-refractivity contribution < 1.29 is 22.7 Å². The van der Waals surface area contributed by atoms with Crippen LogP contribution in [0.25, 0.3) is 0 Å². The minimum absolute atomic E-state index is 0.0169. The van der Waals surface area contributed by atoms with Crippen LogP contribution in [0.15, 0.2) is 106 Å². The molecule has 0 aliphatic carbocycles. The molecule has 0 radical (unpaired) electrons. The molecule has 212 valence electrons. The Balaban J connectivity index is 1.54. The monoisotopic (exact) mass is 635 g/mol. The highest BCUT2D eigenvalue weighted by Crippen LogP contribution is 2.31. The summed E-state index contributed by atoms with van der Waals surface area (Å²) in [6.07, 6.45) is 0.659. The third kappa shape index (κ3) is 7.53. The fourth-order valence-corrected chi connectivity index (χ4v) is 6.27. The number of methoxy groups -OCH3 is 1. The normalized spacial score (nSPS) is 11.0. The van der Waals surface area contributed by atoms with Gasteiger partial charge in [0.1, 0.15) is 12.3 Å². The van der Waals surface area contributed by atoms with E-state index in [1.54, 1.807) is 48.5 Å². The van der Waals surface area contributed by atoms with Crippen LogP contribution in [0.3, 0.4) is 0 Å². The van der Waals surface area contributed by atoms with Gasteiger partial charge >= 0.3 is 0 Å². The van der Waals surface area contributed by atoms with Crippen molar-refractivity contribution in [2.24, 2.45) is 0 Å². The SMILES string of the molecule is COc1ccc(S(=O)(=O)N(CC(=O)Nc2ccccc2C(=O)NCCc2ccccc2)c2ccc(C)cc2)cc1Br. The highest BCUT2D eigenvalue weighted by atomic mass is 79.9. The largest absolute Gasteiger partial charge is 0.496 e. The van der Waals surface area contributed by atoms with Crippen molar-refractivity contribution in [3.8, 4) is 5.75 Å². The molecular formula is C31H30BrN3O5S. The van der Waals surface area contributed by atoms with Gasteiger partial charge in [0.15, 0.2) is 0 Å². The maximum Gasteiger partial charge on any atom is 0.264 e. The van der Waals surface area contributed by atoms with E-state index in [4.69, 9.17) is 4.74 Å². The van der Waals surface area contributed by atoms with Crippen LogP contribution in [0.5, 0.6) is 5.75 Å². The fraction of sp³-hybridized carbons (Fsp3) is 0.161. The number of hydrogen-bond donors (Lipinski definition) is 2. The Bertz CT molecular complexity index is 1630. The number of carbonyl (C=O) groups is 2. The lowest BCUT2D eigenvalue weighted by Gasteiger charge is -2.25. The summed E-state index contributed by atoms with van der Waals surface area (Å²) in [5.74, 6) is -0.476. The second-order valence-corrected chi connectivity index (χ2v) is 11.9. The number of para-hydroxylation sites is 1. The molecule has 10 heteroatoms. The number of nitrogens with one attached hydrogen (secondary N) is 2. The summed E-state index contributed by atoms with van der Waals surface area (Å²) >= 11 is 3.34. The van der Waals surface area contributed by atoms with E-state index in [0.717, 1.165) is 15.4 Å². The molecule has 4 rings (SSSR count). The predicted molar refractivity (Wildman–Crippen MR) is 164 cm³/mol. The van der Waals surface area contributed by atoms with Gasteiger partial charge in [-0.2, -0.15) is 0 Å². The zero-order valence-corrected chi connectivity index (χ0v) is 25.0. The van der Waals surface area contributed by atoms with Gasteiger partial charge in [-0.1, -0.05) is 60.2 Å². The van der Waals surface area contributed by atoms with E-state index in [0.29, 0.717) is 28.9 Å². The number of benzene rings is 4. The first kappa shape index (κ1) is 29.8. The van der Waals surface area contributed by atoms with Crippen molar-refractivity contribution in [2.45, 2.75) is 18.2 Å². The minimum atomic E-state index is -4.16. The molecule has 0 aliphatic rings. The number of rotatable bonds is 11. The molecule has 0 spiro atoms. The van der Waals surface area contributed by atoms with Gasteiger partial charge in [0.2, 0.25) is 5.91 Å². The number of ether oxygens (including phenoxy) is 1. The molecule has 4 aromatic carbocycles. The summed E-state index contributed by atoms with van der Waals surface area (Å²) in [6, 6.07) is 27.6. The van der Waals surface area contributed by atoms with E-state index in [1.165, 1.54) is 25.3 Å². The number of hydrogen-bond acceptors (Lipinski definition) is 5. The minimum Gasteiger partial charge on any atom is -0.496 e. The summed E-state index contributed by atoms with van der Waals surface area (Å²) in [5.41, 5.74) is 2.91. The van der Waals surface area contributed by atoms with Gasteiger partial charge in [-0.05, 0) is 77.3 Å². The van der Waals surface area contributed by atoms with Crippen molar-refractivity contribution in [2.75, 3.05) is 29.8 Å². The standard InChI is InChI=1S/C31H30BrN3O5S/c1-22-12-14-24(15-13-22)35(41(38,39)25-16-17-29(40-2)27(32)20-25)21-30(36)34-28-11-7-6-10-26(28)31(37)33-19-18-23-8-4-3-5-9-23/h3-17,20H,18-19,21H2,1-2H3,(H,33,37)(H,34,36). The van der Waals surface area contributed by atoms with Crippen LogP contribution in [0.2, 0.25) is 0 Å². The first-order valence-electron chi connectivity index (χ1n) is 12.8. The van der Waals surface area contributed by atoms with Crippen LogP contribution in [-0.4, -0.2) is 40.4 Å². The van der Waals surface area contributed by atoms with E-state index in [2.05, 4.69) is 26.6 Å². The molecule has 8 nitrogen and oxygen atoms in total. The molecule has 0 saturated heterocycles. The van der Waals surface area contributed by atoms with Crippen molar-refractivity contribution in [1.29, 1.82) is 0 Å². The number of sulfonamides is 1. The van der Waals surface area contributed by atoms with Crippen molar-refractivity contribution in [3.63, 3.8) is 0 Å². The van der Waals surface area contributed by atoms with Gasteiger partial charge in [0, 0.05) is 6.54 Å². The topological polar surface area (TPSA) is 105 Å². The molecular weight excluding hydrogens is 606 g/mol. The molecule has 0 atom stereocenters. The summed E-state index contributed by atoms with van der Waals surface area (Å²) in [7, 11) is -2.67. The Morgan fingerprint density at radius 1 is 0.902 bits per heavy atom. The third-order valence-corrected chi connectivity index (χ3v) is 8.70. The number of halogens is 1. The molecule has 0 saturated carbocycles. The average molecular weight is 637 g/mol.